The third-order valence-corrected chi connectivity index (χ3v) is 2.60. The van der Waals surface area contributed by atoms with E-state index in [1.165, 1.54) is 0 Å². The summed E-state index contributed by atoms with van der Waals surface area (Å²) in [6.07, 6.45) is 0. The van der Waals surface area contributed by atoms with E-state index in [0.29, 0.717) is 6.54 Å². The molecule has 1 atom stereocenters. The van der Waals surface area contributed by atoms with E-state index in [1.807, 2.05) is 31.2 Å². The van der Waals surface area contributed by atoms with E-state index in [4.69, 9.17) is 11.5 Å². The highest BCUT2D eigenvalue weighted by Gasteiger charge is 2.20. The van der Waals surface area contributed by atoms with Crippen molar-refractivity contribution in [1.29, 1.82) is 0 Å². The van der Waals surface area contributed by atoms with Gasteiger partial charge in [0.25, 0.3) is 0 Å². The van der Waals surface area contributed by atoms with Crippen LogP contribution >= 0.6 is 15.9 Å². The minimum atomic E-state index is -0.444. The number of rotatable bonds is 2. The summed E-state index contributed by atoms with van der Waals surface area (Å²) in [5.41, 5.74) is 12.1. The molecule has 1 unspecified atom stereocenters. The lowest BCUT2D eigenvalue weighted by molar-refractivity contribution is 0.505. The van der Waals surface area contributed by atoms with Gasteiger partial charge in [-0.05, 0) is 18.6 Å². The molecule has 0 aromatic heterocycles. The lowest BCUT2D eigenvalue weighted by Gasteiger charge is -2.24. The van der Waals surface area contributed by atoms with E-state index < -0.39 is 5.54 Å². The van der Waals surface area contributed by atoms with Gasteiger partial charge >= 0.3 is 0 Å². The van der Waals surface area contributed by atoms with Crippen molar-refractivity contribution in [2.45, 2.75) is 12.5 Å². The van der Waals surface area contributed by atoms with Crippen LogP contribution in [0.4, 0.5) is 0 Å². The molecule has 1 aromatic carbocycles. The molecule has 0 spiro atoms. The van der Waals surface area contributed by atoms with Crippen molar-refractivity contribution in [3.63, 3.8) is 0 Å². The van der Waals surface area contributed by atoms with Gasteiger partial charge in [-0.2, -0.15) is 0 Å². The molecule has 66 valence electrons. The molecule has 0 amide bonds. The van der Waals surface area contributed by atoms with Gasteiger partial charge in [0.2, 0.25) is 0 Å². The van der Waals surface area contributed by atoms with Crippen molar-refractivity contribution in [3.8, 4) is 0 Å². The molecule has 1 aromatic rings. The molecule has 0 fully saturated rings. The maximum atomic E-state index is 5.98. The standard InChI is InChI=1S/C9H13BrN2/c1-9(12,6-11)7-4-2-3-5-8(7)10/h2-5H,6,11-12H2,1H3. The van der Waals surface area contributed by atoms with Gasteiger partial charge < -0.3 is 11.5 Å². The van der Waals surface area contributed by atoms with Crippen LogP contribution in [0.3, 0.4) is 0 Å². The van der Waals surface area contributed by atoms with Crippen LogP contribution in [0.2, 0.25) is 0 Å². The van der Waals surface area contributed by atoms with Gasteiger partial charge in [0.1, 0.15) is 0 Å². The van der Waals surface area contributed by atoms with Gasteiger partial charge in [0.05, 0.1) is 5.54 Å². The van der Waals surface area contributed by atoms with Crippen molar-refractivity contribution in [1.82, 2.24) is 0 Å². The molecule has 3 heteroatoms. The summed E-state index contributed by atoms with van der Waals surface area (Å²) in [7, 11) is 0. The minimum Gasteiger partial charge on any atom is -0.328 e. The van der Waals surface area contributed by atoms with Crippen LogP contribution in [0.15, 0.2) is 28.7 Å². The second kappa shape index (κ2) is 3.56. The predicted octanol–water partition coefficient (Wildman–Crippen LogP) is 1.58. The van der Waals surface area contributed by atoms with Crippen molar-refractivity contribution >= 4 is 15.9 Å². The Labute approximate surface area is 81.1 Å². The van der Waals surface area contributed by atoms with Crippen molar-refractivity contribution in [3.05, 3.63) is 34.3 Å². The van der Waals surface area contributed by atoms with E-state index in [1.54, 1.807) is 0 Å². The molecule has 0 heterocycles. The molecule has 0 bridgehead atoms. The lowest BCUT2D eigenvalue weighted by Crippen LogP contribution is -2.41. The second-order valence-electron chi connectivity index (χ2n) is 3.10. The molecule has 0 saturated carbocycles. The van der Waals surface area contributed by atoms with Gasteiger partial charge in [-0.3, -0.25) is 0 Å². The Balaban J connectivity index is 3.10. The maximum absolute atomic E-state index is 5.98. The van der Waals surface area contributed by atoms with E-state index >= 15 is 0 Å². The summed E-state index contributed by atoms with van der Waals surface area (Å²) >= 11 is 3.44. The molecule has 0 aliphatic rings. The third-order valence-electron chi connectivity index (χ3n) is 1.91. The van der Waals surface area contributed by atoms with Crippen LogP contribution in [0.5, 0.6) is 0 Å². The maximum Gasteiger partial charge on any atom is 0.0516 e. The van der Waals surface area contributed by atoms with Crippen LogP contribution in [-0.4, -0.2) is 6.54 Å². The summed E-state index contributed by atoms with van der Waals surface area (Å²) in [5, 5.41) is 0. The monoisotopic (exact) mass is 228 g/mol. The zero-order valence-electron chi connectivity index (χ0n) is 7.05. The summed E-state index contributed by atoms with van der Waals surface area (Å²) in [6, 6.07) is 7.87. The fourth-order valence-electron chi connectivity index (χ4n) is 1.03. The Bertz CT molecular complexity index is 271. The van der Waals surface area contributed by atoms with Crippen LogP contribution < -0.4 is 11.5 Å². The molecular weight excluding hydrogens is 216 g/mol. The molecule has 4 N–H and O–H groups in total. The Hall–Kier alpha value is -0.380. The van der Waals surface area contributed by atoms with E-state index in [9.17, 15) is 0 Å². The first-order chi connectivity index (χ1) is 5.58. The average molecular weight is 229 g/mol. The summed E-state index contributed by atoms with van der Waals surface area (Å²) in [5.74, 6) is 0. The van der Waals surface area contributed by atoms with Crippen LogP contribution in [0, 0.1) is 0 Å². The smallest absolute Gasteiger partial charge is 0.0516 e. The SMILES string of the molecule is CC(N)(CN)c1ccccc1Br. The Morgan fingerprint density at radius 1 is 1.42 bits per heavy atom. The molecule has 0 aliphatic carbocycles. The molecule has 2 nitrogen and oxygen atoms in total. The second-order valence-corrected chi connectivity index (χ2v) is 3.96. The zero-order valence-corrected chi connectivity index (χ0v) is 8.64. The van der Waals surface area contributed by atoms with E-state index in [2.05, 4.69) is 15.9 Å². The van der Waals surface area contributed by atoms with Gasteiger partial charge in [-0.15, -0.1) is 0 Å². The van der Waals surface area contributed by atoms with Crippen molar-refractivity contribution in [2.24, 2.45) is 11.5 Å². The van der Waals surface area contributed by atoms with Crippen molar-refractivity contribution < 1.29 is 0 Å². The normalized spacial score (nSPS) is 15.7. The lowest BCUT2D eigenvalue weighted by atomic mass is 9.94. The van der Waals surface area contributed by atoms with Gasteiger partial charge in [0, 0.05) is 11.0 Å². The first-order valence-corrected chi connectivity index (χ1v) is 4.61. The molecule has 0 aliphatic heterocycles. The minimum absolute atomic E-state index is 0.440. The van der Waals surface area contributed by atoms with Crippen LogP contribution in [0.25, 0.3) is 0 Å². The fourth-order valence-corrected chi connectivity index (χ4v) is 1.77. The third kappa shape index (κ3) is 1.86. The molecular formula is C9H13BrN2. The largest absolute Gasteiger partial charge is 0.328 e. The molecule has 1 rings (SSSR count). The number of hydrogen-bond acceptors (Lipinski definition) is 2. The number of nitrogens with two attached hydrogens (primary N) is 2. The Kier molecular flexibility index (Phi) is 2.88. The topological polar surface area (TPSA) is 52.0 Å². The number of benzene rings is 1. The van der Waals surface area contributed by atoms with Gasteiger partial charge in [0.15, 0.2) is 0 Å². The highest BCUT2D eigenvalue weighted by atomic mass is 79.9. The van der Waals surface area contributed by atoms with Gasteiger partial charge in [-0.25, -0.2) is 0 Å². The highest BCUT2D eigenvalue weighted by Crippen LogP contribution is 2.24. The summed E-state index contributed by atoms with van der Waals surface area (Å²) in [4.78, 5) is 0. The Morgan fingerprint density at radius 3 is 2.50 bits per heavy atom. The quantitative estimate of drug-likeness (QED) is 0.808. The van der Waals surface area contributed by atoms with Gasteiger partial charge in [-0.1, -0.05) is 34.1 Å². The predicted molar refractivity (Wildman–Crippen MR) is 54.7 cm³/mol. The summed E-state index contributed by atoms with van der Waals surface area (Å²) < 4.78 is 1.01. The first-order valence-electron chi connectivity index (χ1n) is 3.82. The van der Waals surface area contributed by atoms with Crippen LogP contribution in [-0.2, 0) is 5.54 Å². The Morgan fingerprint density at radius 2 is 2.00 bits per heavy atom. The fraction of sp³-hybridized carbons (Fsp3) is 0.333. The molecule has 0 saturated heterocycles. The first kappa shape index (κ1) is 9.71. The number of halogens is 1. The zero-order chi connectivity index (χ0) is 9.19. The molecule has 12 heavy (non-hydrogen) atoms. The highest BCUT2D eigenvalue weighted by molar-refractivity contribution is 9.10. The van der Waals surface area contributed by atoms with Crippen LogP contribution in [0.1, 0.15) is 12.5 Å². The average Bonchev–Trinajstić information content (AvgIpc) is 2.05. The van der Waals surface area contributed by atoms with E-state index in [-0.39, 0.29) is 0 Å². The number of hydrogen-bond donors (Lipinski definition) is 2. The van der Waals surface area contributed by atoms with Crippen molar-refractivity contribution in [2.75, 3.05) is 6.54 Å². The molecule has 0 radical (unpaired) electrons. The van der Waals surface area contributed by atoms with E-state index in [0.717, 1.165) is 10.0 Å². The summed E-state index contributed by atoms with van der Waals surface area (Å²) in [6.45, 7) is 2.36.